The zero-order valence-corrected chi connectivity index (χ0v) is 14.4. The Morgan fingerprint density at radius 2 is 1.69 bits per heavy atom. The van der Waals surface area contributed by atoms with Crippen molar-refractivity contribution in [1.82, 2.24) is 19.7 Å². The number of hydrogen-bond acceptors (Lipinski definition) is 3. The third-order valence-corrected chi connectivity index (χ3v) is 4.28. The smallest absolute Gasteiger partial charge is 0.322 e. The fraction of sp³-hybridized carbons (Fsp3) is 0.0952. The summed E-state index contributed by atoms with van der Waals surface area (Å²) in [5.74, 6) is 0.539. The van der Waals surface area contributed by atoms with E-state index in [1.165, 1.54) is 11.0 Å². The maximum atomic E-state index is 12.6. The van der Waals surface area contributed by atoms with Crippen LogP contribution in [0.2, 0.25) is 0 Å². The largest absolute Gasteiger partial charge is 0.346 e. The molecule has 0 aliphatic carbocycles. The van der Waals surface area contributed by atoms with Gasteiger partial charge in [0.25, 0.3) is 0 Å². The number of carbonyl (C=O) groups is 1. The molecule has 1 aromatic heterocycles. The van der Waals surface area contributed by atoms with Crippen LogP contribution in [0.3, 0.4) is 0 Å². The summed E-state index contributed by atoms with van der Waals surface area (Å²) in [6.45, 7) is 0.519. The van der Waals surface area contributed by atoms with Gasteiger partial charge in [0, 0.05) is 19.2 Å². The summed E-state index contributed by atoms with van der Waals surface area (Å²) in [7, 11) is 1.76. The van der Waals surface area contributed by atoms with Gasteiger partial charge in [-0.3, -0.25) is 0 Å². The van der Waals surface area contributed by atoms with E-state index in [-0.39, 0.29) is 6.03 Å². The van der Waals surface area contributed by atoms with Crippen molar-refractivity contribution >= 4 is 16.8 Å². The summed E-state index contributed by atoms with van der Waals surface area (Å²) in [5, 5.41) is 6.65. The lowest BCUT2D eigenvalue weighted by molar-refractivity contribution is 0.205. The molecule has 0 fully saturated rings. The van der Waals surface area contributed by atoms with Crippen LogP contribution in [0.25, 0.3) is 22.2 Å². The second kappa shape index (κ2) is 6.80. The first-order valence-electron chi connectivity index (χ1n) is 8.41. The molecule has 128 valence electrons. The van der Waals surface area contributed by atoms with E-state index in [4.69, 9.17) is 0 Å². The van der Waals surface area contributed by atoms with Gasteiger partial charge < -0.3 is 4.90 Å². The zero-order valence-electron chi connectivity index (χ0n) is 14.4. The number of rotatable bonds is 3. The van der Waals surface area contributed by atoms with E-state index in [1.54, 1.807) is 11.9 Å². The minimum absolute atomic E-state index is 0.214. The van der Waals surface area contributed by atoms with Crippen LogP contribution >= 0.6 is 0 Å². The van der Waals surface area contributed by atoms with Gasteiger partial charge in [0.05, 0.1) is 0 Å². The SMILES string of the molecule is CN(Cc1ccccc1)C(=O)n1cnc(-c2ccc3ccccc3c2)n1. The highest BCUT2D eigenvalue weighted by Crippen LogP contribution is 2.21. The Kier molecular flexibility index (Phi) is 4.19. The Morgan fingerprint density at radius 1 is 0.962 bits per heavy atom. The molecule has 0 saturated heterocycles. The van der Waals surface area contributed by atoms with Gasteiger partial charge >= 0.3 is 6.03 Å². The number of nitrogens with zero attached hydrogens (tertiary/aromatic N) is 4. The molecule has 0 atom stereocenters. The van der Waals surface area contributed by atoms with Crippen LogP contribution < -0.4 is 0 Å². The van der Waals surface area contributed by atoms with Crippen LogP contribution in [0.15, 0.2) is 79.1 Å². The summed E-state index contributed by atoms with van der Waals surface area (Å²) in [6, 6.07) is 23.8. The second-order valence-corrected chi connectivity index (χ2v) is 6.20. The van der Waals surface area contributed by atoms with E-state index >= 15 is 0 Å². The lowest BCUT2D eigenvalue weighted by Crippen LogP contribution is -2.31. The minimum atomic E-state index is -0.214. The van der Waals surface area contributed by atoms with Crippen LogP contribution in [-0.2, 0) is 6.54 Å². The second-order valence-electron chi connectivity index (χ2n) is 6.20. The number of carbonyl (C=O) groups excluding carboxylic acids is 1. The Bertz CT molecular complexity index is 1060. The van der Waals surface area contributed by atoms with Crippen LogP contribution in [0.4, 0.5) is 4.79 Å². The van der Waals surface area contributed by atoms with E-state index in [0.717, 1.165) is 21.9 Å². The van der Waals surface area contributed by atoms with Crippen molar-refractivity contribution in [2.24, 2.45) is 0 Å². The Balaban J connectivity index is 1.55. The van der Waals surface area contributed by atoms with Gasteiger partial charge in [-0.15, -0.1) is 5.10 Å². The molecule has 4 rings (SSSR count). The number of benzene rings is 3. The predicted molar refractivity (Wildman–Crippen MR) is 102 cm³/mol. The molecular formula is C21H18N4O. The first kappa shape index (κ1) is 16.0. The Labute approximate surface area is 151 Å². The molecule has 0 saturated carbocycles. The molecule has 0 unspecified atom stereocenters. The summed E-state index contributed by atoms with van der Waals surface area (Å²) >= 11 is 0. The van der Waals surface area contributed by atoms with E-state index in [9.17, 15) is 4.79 Å². The summed E-state index contributed by atoms with van der Waals surface area (Å²) in [5.41, 5.74) is 1.96. The van der Waals surface area contributed by atoms with Crippen LogP contribution in [0.1, 0.15) is 5.56 Å². The first-order chi connectivity index (χ1) is 12.7. The fourth-order valence-electron chi connectivity index (χ4n) is 2.92. The standard InChI is InChI=1S/C21H18N4O/c1-24(14-16-7-3-2-4-8-16)21(26)25-15-22-20(23-25)19-12-11-17-9-5-6-10-18(17)13-19/h2-13,15H,14H2,1H3. The molecule has 5 heteroatoms. The molecule has 0 aliphatic heterocycles. The third-order valence-electron chi connectivity index (χ3n) is 4.28. The van der Waals surface area contributed by atoms with Gasteiger partial charge in [-0.1, -0.05) is 66.7 Å². The molecule has 0 bridgehead atoms. The monoisotopic (exact) mass is 342 g/mol. The maximum absolute atomic E-state index is 12.6. The Morgan fingerprint density at radius 3 is 2.50 bits per heavy atom. The summed E-state index contributed by atoms with van der Waals surface area (Å²) in [4.78, 5) is 18.5. The summed E-state index contributed by atoms with van der Waals surface area (Å²) in [6.07, 6.45) is 1.47. The van der Waals surface area contributed by atoms with Crippen molar-refractivity contribution in [2.45, 2.75) is 6.54 Å². The van der Waals surface area contributed by atoms with E-state index in [2.05, 4.69) is 22.2 Å². The average molecular weight is 342 g/mol. The van der Waals surface area contributed by atoms with Crippen molar-refractivity contribution in [1.29, 1.82) is 0 Å². The van der Waals surface area contributed by atoms with Crippen LogP contribution in [-0.4, -0.2) is 32.7 Å². The predicted octanol–water partition coefficient (Wildman–Crippen LogP) is 4.20. The maximum Gasteiger partial charge on any atom is 0.346 e. The van der Waals surface area contributed by atoms with Crippen LogP contribution in [0.5, 0.6) is 0 Å². The van der Waals surface area contributed by atoms with Crippen molar-refractivity contribution in [3.05, 3.63) is 84.7 Å². The van der Waals surface area contributed by atoms with Gasteiger partial charge in [-0.05, 0) is 22.4 Å². The number of fused-ring (bicyclic) bond motifs is 1. The highest BCUT2D eigenvalue weighted by atomic mass is 16.2. The van der Waals surface area contributed by atoms with E-state index in [0.29, 0.717) is 12.4 Å². The topological polar surface area (TPSA) is 51.0 Å². The van der Waals surface area contributed by atoms with Crippen molar-refractivity contribution in [3.63, 3.8) is 0 Å². The number of hydrogen-bond donors (Lipinski definition) is 0. The molecule has 26 heavy (non-hydrogen) atoms. The van der Waals surface area contributed by atoms with Gasteiger partial charge in [-0.25, -0.2) is 9.78 Å². The first-order valence-corrected chi connectivity index (χ1v) is 8.41. The number of aromatic nitrogens is 3. The normalized spacial score (nSPS) is 10.8. The highest BCUT2D eigenvalue weighted by molar-refractivity contribution is 5.86. The van der Waals surface area contributed by atoms with Gasteiger partial charge in [0.15, 0.2) is 5.82 Å². The van der Waals surface area contributed by atoms with Gasteiger partial charge in [0.1, 0.15) is 6.33 Å². The van der Waals surface area contributed by atoms with Gasteiger partial charge in [0.2, 0.25) is 0 Å². The molecule has 1 heterocycles. The van der Waals surface area contributed by atoms with E-state index < -0.39 is 0 Å². The fourth-order valence-corrected chi connectivity index (χ4v) is 2.92. The molecule has 4 aromatic rings. The quantitative estimate of drug-likeness (QED) is 0.561. The molecular weight excluding hydrogens is 324 g/mol. The van der Waals surface area contributed by atoms with Crippen molar-refractivity contribution in [2.75, 3.05) is 7.05 Å². The van der Waals surface area contributed by atoms with Crippen molar-refractivity contribution < 1.29 is 4.79 Å². The lowest BCUT2D eigenvalue weighted by atomic mass is 10.1. The summed E-state index contributed by atoms with van der Waals surface area (Å²) < 4.78 is 1.29. The molecule has 0 N–H and O–H groups in total. The molecule has 1 amide bonds. The Hall–Kier alpha value is -3.47. The zero-order chi connectivity index (χ0) is 17.9. The highest BCUT2D eigenvalue weighted by Gasteiger charge is 2.14. The van der Waals surface area contributed by atoms with E-state index in [1.807, 2.05) is 60.7 Å². The molecule has 3 aromatic carbocycles. The molecule has 5 nitrogen and oxygen atoms in total. The van der Waals surface area contributed by atoms with Crippen LogP contribution in [0, 0.1) is 0 Å². The molecule has 0 spiro atoms. The lowest BCUT2D eigenvalue weighted by Gasteiger charge is -2.16. The molecule has 0 radical (unpaired) electrons. The van der Waals surface area contributed by atoms with Crippen molar-refractivity contribution in [3.8, 4) is 11.4 Å². The minimum Gasteiger partial charge on any atom is -0.322 e. The number of amides is 1. The molecule has 0 aliphatic rings. The third kappa shape index (κ3) is 3.19. The average Bonchev–Trinajstić information content (AvgIpc) is 3.18. The van der Waals surface area contributed by atoms with Gasteiger partial charge in [-0.2, -0.15) is 4.68 Å².